The SMILES string of the molecule is Brc1ccccc1Nc1ccccc1Br.COc1ccc(CCl)cc1.COc1ccc(CN(c2ccccc2Br)c2ccccc2Br)cc1.[2H]CF.[H-].[Na+]. The van der Waals surface area contributed by atoms with Crippen LogP contribution in [-0.2, 0) is 12.4 Å². The van der Waals surface area contributed by atoms with Crippen molar-refractivity contribution in [3.05, 3.63) is 175 Å². The van der Waals surface area contributed by atoms with Crippen molar-refractivity contribution in [1.29, 1.82) is 0 Å². The zero-order valence-corrected chi connectivity index (χ0v) is 38.1. The number of hydrogen-bond donors (Lipinski definition) is 1. The van der Waals surface area contributed by atoms with Crippen LogP contribution in [-0.4, -0.2) is 21.4 Å². The first kappa shape index (κ1) is 44.1. The van der Waals surface area contributed by atoms with Crippen molar-refractivity contribution in [3.8, 4) is 11.5 Å². The first-order valence-corrected chi connectivity index (χ1v) is 19.1. The summed E-state index contributed by atoms with van der Waals surface area (Å²) in [7, 11) is 2.33. The first-order chi connectivity index (χ1) is 25.2. The van der Waals surface area contributed by atoms with Crippen LogP contribution in [0.3, 0.4) is 0 Å². The summed E-state index contributed by atoms with van der Waals surface area (Å²) in [6.45, 7) is 0.759. The standard InChI is InChI=1S/C20H17Br2NO.C12H9Br2N.C8H9ClO.CH3F.Na.H/c1-24-16-12-10-15(11-13-16)14-23(19-8-4-2-6-17(19)21)20-9-5-3-7-18(20)22;13-9-5-1-3-7-11(9)15-12-8-4-2-6-10(12)14;1-10-8-4-2-7(6-9)3-5-8;1-2;;/h2-13H,14H2,1H3;1-8,15H;2-5H,6H2,1H3;1H3;;/q;;;;+1;-1/i;;;1D;;. The third-order valence-electron chi connectivity index (χ3n) is 7.12. The minimum atomic E-state index is -1.00. The maximum atomic E-state index is 9.96. The van der Waals surface area contributed by atoms with E-state index in [1.807, 2.05) is 97.1 Å². The van der Waals surface area contributed by atoms with E-state index in [4.69, 9.17) is 22.4 Å². The van der Waals surface area contributed by atoms with Crippen molar-refractivity contribution in [1.82, 2.24) is 0 Å². The maximum Gasteiger partial charge on any atom is 1.00 e. The van der Waals surface area contributed by atoms with Gasteiger partial charge in [-0.25, -0.2) is 0 Å². The monoisotopic (exact) mass is 985 g/mol. The van der Waals surface area contributed by atoms with E-state index in [9.17, 15) is 4.39 Å². The number of rotatable bonds is 9. The molecule has 0 saturated carbocycles. The molecule has 11 heteroatoms. The summed E-state index contributed by atoms with van der Waals surface area (Å²) in [4.78, 5) is 2.29. The molecule has 52 heavy (non-hydrogen) atoms. The van der Waals surface area contributed by atoms with Gasteiger partial charge in [0.1, 0.15) is 11.5 Å². The molecule has 0 aromatic heterocycles. The van der Waals surface area contributed by atoms with Crippen molar-refractivity contribution >= 4 is 98.1 Å². The molecule has 0 atom stereocenters. The number of halogens is 6. The number of alkyl halides is 2. The Labute approximate surface area is 370 Å². The van der Waals surface area contributed by atoms with Gasteiger partial charge in [0.05, 0.1) is 45.5 Å². The number of hydrogen-bond acceptors (Lipinski definition) is 4. The van der Waals surface area contributed by atoms with Crippen LogP contribution in [0.5, 0.6) is 11.5 Å². The van der Waals surface area contributed by atoms with Gasteiger partial charge in [-0.1, -0.05) is 72.8 Å². The third-order valence-corrected chi connectivity index (χ3v) is 10.1. The molecule has 268 valence electrons. The predicted molar refractivity (Wildman–Crippen MR) is 229 cm³/mol. The van der Waals surface area contributed by atoms with E-state index < -0.39 is 7.15 Å². The van der Waals surface area contributed by atoms with E-state index in [1.165, 1.54) is 5.56 Å². The minimum Gasteiger partial charge on any atom is -1.00 e. The zero-order valence-electron chi connectivity index (χ0n) is 31.0. The van der Waals surface area contributed by atoms with Crippen LogP contribution >= 0.6 is 75.3 Å². The molecule has 0 spiro atoms. The molecule has 6 aromatic carbocycles. The van der Waals surface area contributed by atoms with E-state index in [-0.39, 0.29) is 31.0 Å². The average molecular weight is 990 g/mol. The second kappa shape index (κ2) is 25.6. The predicted octanol–water partition coefficient (Wildman–Crippen LogP) is 11.6. The van der Waals surface area contributed by atoms with Crippen molar-refractivity contribution in [2.75, 3.05) is 31.6 Å². The fourth-order valence-electron chi connectivity index (χ4n) is 4.54. The van der Waals surface area contributed by atoms with Gasteiger partial charge in [-0.05, 0) is 148 Å². The van der Waals surface area contributed by atoms with Crippen LogP contribution in [0.4, 0.5) is 27.1 Å². The topological polar surface area (TPSA) is 33.7 Å². The fraction of sp³-hybridized carbons (Fsp3) is 0.122. The molecule has 0 saturated heterocycles. The van der Waals surface area contributed by atoms with Crippen LogP contribution in [0.25, 0.3) is 0 Å². The molecule has 0 bridgehead atoms. The van der Waals surface area contributed by atoms with Crippen LogP contribution in [0.15, 0.2) is 163 Å². The van der Waals surface area contributed by atoms with E-state index in [0.29, 0.717) is 5.88 Å². The van der Waals surface area contributed by atoms with Gasteiger partial charge >= 0.3 is 29.6 Å². The van der Waals surface area contributed by atoms with Crippen LogP contribution in [0, 0.1) is 0 Å². The number of benzene rings is 6. The summed E-state index contributed by atoms with van der Waals surface area (Å²) >= 11 is 19.9. The molecule has 0 aliphatic rings. The van der Waals surface area contributed by atoms with E-state index in [1.54, 1.807) is 14.2 Å². The molecule has 0 unspecified atom stereocenters. The fourth-order valence-corrected chi connectivity index (χ4v) is 6.48. The van der Waals surface area contributed by atoms with Gasteiger partial charge in [-0.3, -0.25) is 4.39 Å². The Morgan fingerprint density at radius 2 is 0.942 bits per heavy atom. The number of methoxy groups -OCH3 is 2. The first-order valence-electron chi connectivity index (χ1n) is 16.1. The number of nitrogens with zero attached hydrogens (tertiary/aromatic N) is 1. The van der Waals surface area contributed by atoms with Gasteiger partial charge in [0.15, 0.2) is 0 Å². The van der Waals surface area contributed by atoms with Crippen LogP contribution in [0.1, 0.15) is 13.9 Å². The summed E-state index contributed by atoms with van der Waals surface area (Å²) in [6, 6.07) is 48.5. The summed E-state index contributed by atoms with van der Waals surface area (Å²) in [5.41, 5.74) is 6.69. The van der Waals surface area contributed by atoms with E-state index in [0.717, 1.165) is 64.2 Å². The van der Waals surface area contributed by atoms with Gasteiger partial charge in [0.2, 0.25) is 0 Å². The number of para-hydroxylation sites is 4. The molecule has 0 radical (unpaired) electrons. The Morgan fingerprint density at radius 3 is 1.29 bits per heavy atom. The maximum absolute atomic E-state index is 9.96. The van der Waals surface area contributed by atoms with Crippen molar-refractivity contribution < 1.29 is 46.2 Å². The van der Waals surface area contributed by atoms with Gasteiger partial charge in [-0.15, -0.1) is 11.6 Å². The number of nitrogens with one attached hydrogen (secondary N) is 1. The molecule has 0 amide bonds. The summed E-state index contributed by atoms with van der Waals surface area (Å²) in [5, 5.41) is 3.35. The van der Waals surface area contributed by atoms with Gasteiger partial charge < -0.3 is 21.1 Å². The minimum absolute atomic E-state index is 0. The normalized spacial score (nSPS) is 9.88. The van der Waals surface area contributed by atoms with Crippen molar-refractivity contribution in [2.45, 2.75) is 12.4 Å². The Hall–Kier alpha value is -2.34. The number of anilines is 4. The smallest absolute Gasteiger partial charge is 1.00 e. The molecule has 0 fully saturated rings. The Bertz CT molecular complexity index is 1820. The second-order valence-electron chi connectivity index (χ2n) is 10.4. The number of ether oxygens (including phenoxy) is 2. The second-order valence-corrected chi connectivity index (χ2v) is 14.1. The Balaban J connectivity index is 0.000000417. The summed E-state index contributed by atoms with van der Waals surface area (Å²) in [6.07, 6.45) is 0. The quantitative estimate of drug-likeness (QED) is 0.116. The molecule has 4 nitrogen and oxygen atoms in total. The third kappa shape index (κ3) is 14.8. The van der Waals surface area contributed by atoms with Crippen LogP contribution < -0.4 is 49.2 Å². The average Bonchev–Trinajstić information content (AvgIpc) is 3.17. The van der Waals surface area contributed by atoms with E-state index >= 15 is 0 Å². The summed E-state index contributed by atoms with van der Waals surface area (Å²) < 4.78 is 30.0. The van der Waals surface area contributed by atoms with Crippen molar-refractivity contribution in [2.24, 2.45) is 0 Å². The molecule has 0 heterocycles. The van der Waals surface area contributed by atoms with E-state index in [2.05, 4.69) is 122 Å². The summed E-state index contributed by atoms with van der Waals surface area (Å²) in [5.74, 6) is 2.30. The zero-order chi connectivity index (χ0) is 37.7. The Morgan fingerprint density at radius 1 is 0.596 bits per heavy atom. The van der Waals surface area contributed by atoms with Crippen molar-refractivity contribution in [3.63, 3.8) is 0 Å². The molecule has 0 aliphatic heterocycles. The molecule has 0 aliphatic carbocycles. The van der Waals surface area contributed by atoms with Gasteiger partial charge in [0.25, 0.3) is 0 Å². The Kier molecular flexibility index (Phi) is 21.7. The molecule has 6 aromatic rings. The largest absolute Gasteiger partial charge is 1.00 e. The molecule has 6 rings (SSSR count). The molecular formula is C41H39Br4ClFN2NaO2. The van der Waals surface area contributed by atoms with Gasteiger partial charge in [0, 0.05) is 30.3 Å². The molecule has 1 N–H and O–H groups in total. The molecular weight excluding hydrogens is 950 g/mol. The van der Waals surface area contributed by atoms with Crippen LogP contribution in [0.2, 0.25) is 0 Å². The van der Waals surface area contributed by atoms with Gasteiger partial charge in [-0.2, -0.15) is 0 Å².